The quantitative estimate of drug-likeness (QED) is 0.371. The van der Waals surface area contributed by atoms with Gasteiger partial charge in [0.1, 0.15) is 0 Å². The minimum atomic E-state index is -0.536. The Morgan fingerprint density at radius 2 is 2.00 bits per heavy atom. The molecule has 1 amide bonds. The van der Waals surface area contributed by atoms with E-state index in [-0.39, 0.29) is 11.3 Å². The molecule has 0 spiro atoms. The summed E-state index contributed by atoms with van der Waals surface area (Å²) in [6.07, 6.45) is 0.337. The number of amides is 1. The van der Waals surface area contributed by atoms with Crippen molar-refractivity contribution in [2.75, 3.05) is 5.32 Å². The Bertz CT molecular complexity index is 1170. The number of nitro groups is 1. The number of hydrogen-bond donors (Lipinski definition) is 1. The Hall–Kier alpha value is -3.85. The van der Waals surface area contributed by atoms with Crippen LogP contribution in [0.25, 0.3) is 10.7 Å². The molecule has 2 aromatic heterocycles. The number of benzene rings is 2. The zero-order valence-electron chi connectivity index (χ0n) is 14.9. The van der Waals surface area contributed by atoms with Gasteiger partial charge in [-0.15, -0.1) is 11.3 Å². The number of nitrogens with one attached hydrogen (secondary N) is 1. The zero-order chi connectivity index (χ0) is 20.2. The van der Waals surface area contributed by atoms with Crippen LogP contribution in [0.1, 0.15) is 21.8 Å². The molecule has 29 heavy (non-hydrogen) atoms. The van der Waals surface area contributed by atoms with Crippen molar-refractivity contribution in [3.8, 4) is 10.7 Å². The first-order valence-corrected chi connectivity index (χ1v) is 9.48. The molecule has 0 saturated carbocycles. The Kier molecular flexibility index (Phi) is 5.12. The van der Waals surface area contributed by atoms with Crippen LogP contribution in [-0.2, 0) is 6.42 Å². The van der Waals surface area contributed by atoms with Crippen LogP contribution in [-0.4, -0.2) is 21.0 Å². The SMILES string of the molecule is O=C(Nc1ccccc1Cc1nc(-c2cccs2)no1)c1cccc([N+](=O)[O-])c1. The third-order valence-electron chi connectivity index (χ3n) is 4.14. The molecule has 2 heterocycles. The summed E-state index contributed by atoms with van der Waals surface area (Å²) >= 11 is 1.52. The van der Waals surface area contributed by atoms with Gasteiger partial charge in [0, 0.05) is 23.4 Å². The van der Waals surface area contributed by atoms with E-state index in [1.165, 1.54) is 35.6 Å². The lowest BCUT2D eigenvalue weighted by Gasteiger charge is -2.09. The predicted octanol–water partition coefficient (Wildman–Crippen LogP) is 4.55. The number of nitro benzene ring substituents is 1. The van der Waals surface area contributed by atoms with Crippen molar-refractivity contribution < 1.29 is 14.2 Å². The van der Waals surface area contributed by atoms with Gasteiger partial charge in [-0.3, -0.25) is 14.9 Å². The van der Waals surface area contributed by atoms with Crippen LogP contribution in [0.5, 0.6) is 0 Å². The van der Waals surface area contributed by atoms with E-state index in [1.807, 2.05) is 29.6 Å². The first-order chi connectivity index (χ1) is 14.1. The highest BCUT2D eigenvalue weighted by Gasteiger charge is 2.15. The summed E-state index contributed by atoms with van der Waals surface area (Å²) in [7, 11) is 0. The van der Waals surface area contributed by atoms with Gasteiger partial charge in [0.25, 0.3) is 11.6 Å². The Morgan fingerprint density at radius 3 is 2.79 bits per heavy atom. The number of anilines is 1. The van der Waals surface area contributed by atoms with Gasteiger partial charge < -0.3 is 9.84 Å². The van der Waals surface area contributed by atoms with Crippen molar-refractivity contribution in [1.29, 1.82) is 0 Å². The number of rotatable bonds is 6. The van der Waals surface area contributed by atoms with Crippen LogP contribution < -0.4 is 5.32 Å². The fourth-order valence-electron chi connectivity index (χ4n) is 2.75. The number of para-hydroxylation sites is 1. The van der Waals surface area contributed by atoms with Gasteiger partial charge in [0.2, 0.25) is 11.7 Å². The van der Waals surface area contributed by atoms with Gasteiger partial charge in [-0.25, -0.2) is 0 Å². The fraction of sp³-hybridized carbons (Fsp3) is 0.0500. The maximum atomic E-state index is 12.6. The van der Waals surface area contributed by atoms with E-state index in [2.05, 4.69) is 15.5 Å². The van der Waals surface area contributed by atoms with E-state index in [0.717, 1.165) is 10.4 Å². The number of carbonyl (C=O) groups is 1. The van der Waals surface area contributed by atoms with Gasteiger partial charge >= 0.3 is 0 Å². The van der Waals surface area contributed by atoms with Crippen LogP contribution in [0.3, 0.4) is 0 Å². The normalized spacial score (nSPS) is 10.6. The topological polar surface area (TPSA) is 111 Å². The number of thiophene rings is 1. The number of hydrogen-bond acceptors (Lipinski definition) is 7. The fourth-order valence-corrected chi connectivity index (χ4v) is 3.40. The van der Waals surface area contributed by atoms with Crippen molar-refractivity contribution in [1.82, 2.24) is 10.1 Å². The summed E-state index contributed by atoms with van der Waals surface area (Å²) < 4.78 is 5.34. The summed E-state index contributed by atoms with van der Waals surface area (Å²) in [6.45, 7) is 0. The van der Waals surface area contributed by atoms with E-state index < -0.39 is 10.8 Å². The predicted molar refractivity (Wildman–Crippen MR) is 108 cm³/mol. The molecule has 4 aromatic rings. The van der Waals surface area contributed by atoms with Crippen molar-refractivity contribution in [3.05, 3.63) is 93.2 Å². The van der Waals surface area contributed by atoms with E-state index in [1.54, 1.807) is 12.1 Å². The zero-order valence-corrected chi connectivity index (χ0v) is 15.8. The first-order valence-electron chi connectivity index (χ1n) is 8.60. The lowest BCUT2D eigenvalue weighted by molar-refractivity contribution is -0.384. The Labute approximate surface area is 169 Å². The lowest BCUT2D eigenvalue weighted by Crippen LogP contribution is -2.13. The summed E-state index contributed by atoms with van der Waals surface area (Å²) in [5.41, 5.74) is 1.41. The molecular formula is C20H14N4O4S. The molecule has 0 unspecified atom stereocenters. The monoisotopic (exact) mass is 406 g/mol. The second kappa shape index (κ2) is 8.03. The average Bonchev–Trinajstić information content (AvgIpc) is 3.41. The van der Waals surface area contributed by atoms with Gasteiger partial charge in [-0.1, -0.05) is 35.5 Å². The molecule has 0 fully saturated rings. The number of nitrogens with zero attached hydrogens (tertiary/aromatic N) is 3. The molecule has 0 aliphatic heterocycles. The third-order valence-corrected chi connectivity index (χ3v) is 5.00. The van der Waals surface area contributed by atoms with Crippen LogP contribution >= 0.6 is 11.3 Å². The molecule has 4 rings (SSSR count). The van der Waals surface area contributed by atoms with Crippen molar-refractivity contribution in [2.45, 2.75) is 6.42 Å². The van der Waals surface area contributed by atoms with Crippen LogP contribution in [0.15, 0.2) is 70.6 Å². The first kappa shape index (κ1) is 18.5. The van der Waals surface area contributed by atoms with E-state index in [9.17, 15) is 14.9 Å². The van der Waals surface area contributed by atoms with Gasteiger partial charge in [-0.2, -0.15) is 4.98 Å². The van der Waals surface area contributed by atoms with E-state index in [0.29, 0.717) is 23.8 Å². The molecular weight excluding hydrogens is 392 g/mol. The second-order valence-electron chi connectivity index (χ2n) is 6.08. The molecule has 0 saturated heterocycles. The molecule has 0 aliphatic rings. The van der Waals surface area contributed by atoms with Crippen molar-refractivity contribution in [3.63, 3.8) is 0 Å². The number of non-ortho nitro benzene ring substituents is 1. The maximum Gasteiger partial charge on any atom is 0.270 e. The van der Waals surface area contributed by atoms with E-state index in [4.69, 9.17) is 4.52 Å². The average molecular weight is 406 g/mol. The summed E-state index contributed by atoms with van der Waals surface area (Å²) in [5.74, 6) is 0.504. The smallest absolute Gasteiger partial charge is 0.270 e. The molecule has 8 nitrogen and oxygen atoms in total. The third kappa shape index (κ3) is 4.19. The molecule has 0 atom stereocenters. The second-order valence-corrected chi connectivity index (χ2v) is 7.03. The highest BCUT2D eigenvalue weighted by molar-refractivity contribution is 7.13. The molecule has 2 aromatic carbocycles. The van der Waals surface area contributed by atoms with Crippen LogP contribution in [0, 0.1) is 10.1 Å². The lowest BCUT2D eigenvalue weighted by atomic mass is 10.1. The number of carbonyl (C=O) groups excluding carboxylic acids is 1. The largest absolute Gasteiger partial charge is 0.339 e. The minimum Gasteiger partial charge on any atom is -0.339 e. The van der Waals surface area contributed by atoms with Crippen LogP contribution in [0.4, 0.5) is 11.4 Å². The van der Waals surface area contributed by atoms with Crippen molar-refractivity contribution in [2.24, 2.45) is 0 Å². The summed E-state index contributed by atoms with van der Waals surface area (Å²) in [5, 5.41) is 19.7. The van der Waals surface area contributed by atoms with Gasteiger partial charge in [-0.05, 0) is 29.1 Å². The molecule has 0 aliphatic carbocycles. The summed E-state index contributed by atoms with van der Waals surface area (Å²) in [4.78, 5) is 28.3. The molecule has 9 heteroatoms. The molecule has 0 radical (unpaired) electrons. The minimum absolute atomic E-state index is 0.141. The Balaban J connectivity index is 1.53. The standard InChI is InChI=1S/C20H14N4O4S/c25-20(14-6-3-7-15(11-14)24(26)27)21-16-8-2-1-5-13(16)12-18-22-19(23-28-18)17-9-4-10-29-17/h1-11H,12H2,(H,21,25). The highest BCUT2D eigenvalue weighted by atomic mass is 32.1. The van der Waals surface area contributed by atoms with Crippen LogP contribution in [0.2, 0.25) is 0 Å². The molecule has 0 bridgehead atoms. The highest BCUT2D eigenvalue weighted by Crippen LogP contribution is 2.24. The van der Waals surface area contributed by atoms with Gasteiger partial charge in [0.15, 0.2) is 0 Å². The van der Waals surface area contributed by atoms with Crippen molar-refractivity contribution >= 4 is 28.6 Å². The van der Waals surface area contributed by atoms with Gasteiger partial charge in [0.05, 0.1) is 16.2 Å². The number of aromatic nitrogens is 2. The molecule has 144 valence electrons. The van der Waals surface area contributed by atoms with E-state index >= 15 is 0 Å². The molecule has 1 N–H and O–H groups in total. The Morgan fingerprint density at radius 1 is 1.14 bits per heavy atom. The maximum absolute atomic E-state index is 12.6. The summed E-state index contributed by atoms with van der Waals surface area (Å²) in [6, 6.07) is 16.6.